The smallest absolute Gasteiger partial charge is 0.190 e. The second kappa shape index (κ2) is 5.31. The van der Waals surface area contributed by atoms with Crippen molar-refractivity contribution in [3.05, 3.63) is 40.9 Å². The Labute approximate surface area is 117 Å². The number of hydrogen-bond donors (Lipinski definition) is 1. The Morgan fingerprint density at radius 2 is 2.16 bits per heavy atom. The quantitative estimate of drug-likeness (QED) is 0.907. The molecule has 0 saturated heterocycles. The van der Waals surface area contributed by atoms with Crippen molar-refractivity contribution in [3.63, 3.8) is 0 Å². The molecular weight excluding hydrogens is 256 g/mol. The summed E-state index contributed by atoms with van der Waals surface area (Å²) in [5.41, 5.74) is 3.43. The molecule has 0 radical (unpaired) electrons. The molecule has 1 aliphatic heterocycles. The number of aryl methyl sites for hydroxylation is 1. The molecule has 19 heavy (non-hydrogen) atoms. The van der Waals surface area contributed by atoms with E-state index >= 15 is 0 Å². The summed E-state index contributed by atoms with van der Waals surface area (Å²) in [6.07, 6.45) is 3.05. The minimum absolute atomic E-state index is 0.493. The average molecular weight is 274 g/mol. The summed E-state index contributed by atoms with van der Waals surface area (Å²) in [6.45, 7) is 2.76. The van der Waals surface area contributed by atoms with Crippen molar-refractivity contribution in [1.29, 1.82) is 0 Å². The number of anilines is 2. The molecule has 2 heterocycles. The molecule has 0 amide bonds. The molecule has 3 nitrogen and oxygen atoms in total. The topological polar surface area (TPSA) is 36.4 Å². The highest BCUT2D eigenvalue weighted by molar-refractivity contribution is 7.13. The van der Waals surface area contributed by atoms with Crippen LogP contribution in [0.15, 0.2) is 29.6 Å². The Hall–Kier alpha value is -1.39. The van der Waals surface area contributed by atoms with Gasteiger partial charge >= 0.3 is 0 Å². The van der Waals surface area contributed by atoms with E-state index in [9.17, 15) is 5.11 Å². The first kappa shape index (κ1) is 12.6. The molecule has 2 aromatic rings. The molecule has 1 N–H and O–H groups in total. The Bertz CT molecular complexity index is 565. The lowest BCUT2D eigenvalue weighted by Crippen LogP contribution is -2.17. The van der Waals surface area contributed by atoms with E-state index in [1.54, 1.807) is 18.3 Å². The van der Waals surface area contributed by atoms with Crippen molar-refractivity contribution in [2.75, 3.05) is 11.4 Å². The van der Waals surface area contributed by atoms with Crippen LogP contribution in [-0.2, 0) is 6.42 Å². The predicted octanol–water partition coefficient (Wildman–Crippen LogP) is 3.67. The number of nitrogens with zero attached hydrogens (tertiary/aromatic N) is 2. The summed E-state index contributed by atoms with van der Waals surface area (Å²) >= 11 is 1.61. The molecule has 1 aliphatic rings. The highest BCUT2D eigenvalue weighted by Crippen LogP contribution is 2.35. The van der Waals surface area contributed by atoms with Gasteiger partial charge < -0.3 is 10.0 Å². The fourth-order valence-electron chi connectivity index (χ4n) is 2.48. The summed E-state index contributed by atoms with van der Waals surface area (Å²) in [4.78, 5) is 6.86. The fraction of sp³-hybridized carbons (Fsp3) is 0.400. The van der Waals surface area contributed by atoms with E-state index in [4.69, 9.17) is 0 Å². The lowest BCUT2D eigenvalue weighted by molar-refractivity contribution is 0.195. The molecule has 1 unspecified atom stereocenters. The Morgan fingerprint density at radius 1 is 1.32 bits per heavy atom. The van der Waals surface area contributed by atoms with Gasteiger partial charge in [0.15, 0.2) is 5.13 Å². The predicted molar refractivity (Wildman–Crippen MR) is 79.1 cm³/mol. The fourth-order valence-corrected chi connectivity index (χ4v) is 3.43. The van der Waals surface area contributed by atoms with Gasteiger partial charge in [-0.25, -0.2) is 4.98 Å². The zero-order valence-electron chi connectivity index (χ0n) is 11.0. The molecule has 4 heteroatoms. The molecule has 3 rings (SSSR count). The lowest BCUT2D eigenvalue weighted by atomic mass is 10.1. The van der Waals surface area contributed by atoms with Gasteiger partial charge in [-0.05, 0) is 37.8 Å². The third-order valence-corrected chi connectivity index (χ3v) is 4.41. The van der Waals surface area contributed by atoms with Crippen molar-refractivity contribution in [3.8, 4) is 0 Å². The second-order valence-corrected chi connectivity index (χ2v) is 5.80. The van der Waals surface area contributed by atoms with Crippen LogP contribution in [0, 0.1) is 0 Å². The highest BCUT2D eigenvalue weighted by Gasteiger charge is 2.19. The maximum absolute atomic E-state index is 9.61. The third-order valence-electron chi connectivity index (χ3n) is 3.53. The van der Waals surface area contributed by atoms with Gasteiger partial charge in [-0.15, -0.1) is 11.3 Å². The van der Waals surface area contributed by atoms with Crippen LogP contribution < -0.4 is 4.90 Å². The summed E-state index contributed by atoms with van der Waals surface area (Å²) in [5, 5.41) is 12.6. The number of benzene rings is 1. The van der Waals surface area contributed by atoms with Crippen molar-refractivity contribution in [2.45, 2.75) is 32.3 Å². The zero-order chi connectivity index (χ0) is 13.2. The molecule has 0 saturated carbocycles. The molecule has 1 atom stereocenters. The molecule has 0 fully saturated rings. The molecule has 1 aromatic carbocycles. The van der Waals surface area contributed by atoms with Crippen LogP contribution >= 0.6 is 11.3 Å². The molecule has 100 valence electrons. The van der Waals surface area contributed by atoms with Crippen LogP contribution in [0.3, 0.4) is 0 Å². The van der Waals surface area contributed by atoms with Crippen molar-refractivity contribution >= 4 is 22.2 Å². The standard InChI is InChI=1S/C15H18N2OS/c1-11(18)13-10-19-15(16-13)17-9-5-4-7-12-6-2-3-8-14(12)17/h2-3,6,8,10-11,18H,4-5,7,9H2,1H3. The maximum Gasteiger partial charge on any atom is 0.190 e. The van der Waals surface area contributed by atoms with Crippen molar-refractivity contribution < 1.29 is 5.11 Å². The molecule has 0 bridgehead atoms. The number of fused-ring (bicyclic) bond motifs is 1. The van der Waals surface area contributed by atoms with Gasteiger partial charge in [-0.3, -0.25) is 0 Å². The monoisotopic (exact) mass is 274 g/mol. The van der Waals surface area contributed by atoms with E-state index in [0.29, 0.717) is 0 Å². The van der Waals surface area contributed by atoms with Crippen LogP contribution in [0.25, 0.3) is 0 Å². The largest absolute Gasteiger partial charge is 0.387 e. The number of aliphatic hydroxyl groups is 1. The molecular formula is C15H18N2OS. The normalized spacial score (nSPS) is 16.8. The summed E-state index contributed by atoms with van der Waals surface area (Å²) < 4.78 is 0. The van der Waals surface area contributed by atoms with E-state index in [1.807, 2.05) is 5.38 Å². The first-order valence-electron chi connectivity index (χ1n) is 6.74. The summed E-state index contributed by atoms with van der Waals surface area (Å²) in [7, 11) is 0. The average Bonchev–Trinajstić information content (AvgIpc) is 2.80. The Morgan fingerprint density at radius 3 is 2.95 bits per heavy atom. The minimum Gasteiger partial charge on any atom is -0.387 e. The van der Waals surface area contributed by atoms with Gasteiger partial charge in [0.1, 0.15) is 0 Å². The van der Waals surface area contributed by atoms with Crippen LogP contribution in [0.5, 0.6) is 0 Å². The Balaban J connectivity index is 1.99. The zero-order valence-corrected chi connectivity index (χ0v) is 11.9. The molecule has 0 aliphatic carbocycles. The number of rotatable bonds is 2. The van der Waals surface area contributed by atoms with E-state index in [2.05, 4.69) is 34.1 Å². The van der Waals surface area contributed by atoms with Crippen LogP contribution in [0.2, 0.25) is 0 Å². The SMILES string of the molecule is CC(O)c1csc(N2CCCCc3ccccc32)n1. The summed E-state index contributed by atoms with van der Waals surface area (Å²) in [5.74, 6) is 0. The van der Waals surface area contributed by atoms with Gasteiger partial charge in [0.25, 0.3) is 0 Å². The number of thiazole rings is 1. The maximum atomic E-state index is 9.61. The van der Waals surface area contributed by atoms with Crippen molar-refractivity contribution in [1.82, 2.24) is 4.98 Å². The van der Waals surface area contributed by atoms with E-state index in [1.165, 1.54) is 24.1 Å². The van der Waals surface area contributed by atoms with Gasteiger partial charge in [0.2, 0.25) is 0 Å². The van der Waals surface area contributed by atoms with Crippen molar-refractivity contribution in [2.24, 2.45) is 0 Å². The molecule has 1 aromatic heterocycles. The van der Waals surface area contributed by atoms with E-state index in [0.717, 1.165) is 23.8 Å². The number of aromatic nitrogens is 1. The minimum atomic E-state index is -0.493. The first-order valence-corrected chi connectivity index (χ1v) is 7.62. The second-order valence-electron chi connectivity index (χ2n) is 4.97. The van der Waals surface area contributed by atoms with Gasteiger partial charge in [0.05, 0.1) is 11.8 Å². The van der Waals surface area contributed by atoms with Gasteiger partial charge in [-0.1, -0.05) is 18.2 Å². The third kappa shape index (κ3) is 2.51. The van der Waals surface area contributed by atoms with Gasteiger partial charge in [0, 0.05) is 17.6 Å². The number of aliphatic hydroxyl groups excluding tert-OH is 1. The van der Waals surface area contributed by atoms with Crippen LogP contribution in [0.1, 0.15) is 37.1 Å². The highest BCUT2D eigenvalue weighted by atomic mass is 32.1. The number of para-hydroxylation sites is 1. The molecule has 0 spiro atoms. The van der Waals surface area contributed by atoms with E-state index < -0.39 is 6.10 Å². The lowest BCUT2D eigenvalue weighted by Gasteiger charge is -2.21. The van der Waals surface area contributed by atoms with Gasteiger partial charge in [-0.2, -0.15) is 0 Å². The Kier molecular flexibility index (Phi) is 3.53. The first-order chi connectivity index (χ1) is 9.25. The van der Waals surface area contributed by atoms with Crippen LogP contribution in [-0.4, -0.2) is 16.6 Å². The summed E-state index contributed by atoms with van der Waals surface area (Å²) in [6, 6.07) is 8.56. The van der Waals surface area contributed by atoms with Crippen LogP contribution in [0.4, 0.5) is 10.8 Å². The number of hydrogen-bond acceptors (Lipinski definition) is 4. The van der Waals surface area contributed by atoms with E-state index in [-0.39, 0.29) is 0 Å².